The molecule has 0 aromatic heterocycles. The highest BCUT2D eigenvalue weighted by atomic mass is 14.9. The highest BCUT2D eigenvalue weighted by molar-refractivity contribution is 5.28. The summed E-state index contributed by atoms with van der Waals surface area (Å²) in [5.74, 6) is 0. The van der Waals surface area contributed by atoms with Gasteiger partial charge in [0, 0.05) is 12.1 Å². The van der Waals surface area contributed by atoms with Crippen molar-refractivity contribution in [2.75, 3.05) is 0 Å². The summed E-state index contributed by atoms with van der Waals surface area (Å²) >= 11 is 0. The molecule has 0 aromatic rings. The van der Waals surface area contributed by atoms with Crippen LogP contribution in [0.3, 0.4) is 0 Å². The summed E-state index contributed by atoms with van der Waals surface area (Å²) in [5.41, 5.74) is 3.02. The van der Waals surface area contributed by atoms with Gasteiger partial charge in [-0.25, -0.2) is 0 Å². The molecule has 1 heteroatoms. The fraction of sp³-hybridized carbons (Fsp3) is 0.375. The van der Waals surface area contributed by atoms with E-state index in [1.807, 2.05) is 0 Å². The minimum Gasteiger partial charge on any atom is -0.383 e. The van der Waals surface area contributed by atoms with Crippen molar-refractivity contribution >= 4 is 0 Å². The second-order valence-electron chi connectivity index (χ2n) is 2.51. The van der Waals surface area contributed by atoms with Gasteiger partial charge in [0.25, 0.3) is 0 Å². The van der Waals surface area contributed by atoms with Crippen molar-refractivity contribution in [1.82, 2.24) is 5.32 Å². The van der Waals surface area contributed by atoms with Gasteiger partial charge < -0.3 is 5.32 Å². The van der Waals surface area contributed by atoms with Crippen LogP contribution in [0.5, 0.6) is 0 Å². The largest absolute Gasteiger partial charge is 0.383 e. The van der Waals surface area contributed by atoms with Gasteiger partial charge in [0.1, 0.15) is 0 Å². The Morgan fingerprint density at radius 3 is 2.89 bits per heavy atom. The van der Waals surface area contributed by atoms with Crippen molar-refractivity contribution in [3.8, 4) is 0 Å². The summed E-state index contributed by atoms with van der Waals surface area (Å²) in [6.07, 6.45) is 7.91. The molecule has 0 unspecified atom stereocenters. The van der Waals surface area contributed by atoms with E-state index in [0.717, 1.165) is 12.8 Å². The summed E-state index contributed by atoms with van der Waals surface area (Å²) in [5, 5.41) is 3.26. The fourth-order valence-corrected chi connectivity index (χ4v) is 1.36. The van der Waals surface area contributed by atoms with Crippen molar-refractivity contribution in [1.29, 1.82) is 0 Å². The van der Waals surface area contributed by atoms with E-state index in [0.29, 0.717) is 0 Å². The van der Waals surface area contributed by atoms with Crippen molar-refractivity contribution in [3.05, 3.63) is 30.0 Å². The molecule has 0 spiro atoms. The lowest BCUT2D eigenvalue weighted by Gasteiger charge is -2.06. The third-order valence-corrected chi connectivity index (χ3v) is 1.90. The Morgan fingerprint density at radius 1 is 1.11 bits per heavy atom. The van der Waals surface area contributed by atoms with E-state index in [9.17, 15) is 0 Å². The molecule has 47 valence electrons. The first-order valence-corrected chi connectivity index (χ1v) is 3.41. The predicted octanol–water partition coefficient (Wildman–Crippen LogP) is 1.75. The average molecular weight is 120 g/mol. The molecule has 0 bridgehead atoms. The zero-order chi connectivity index (χ0) is 6.10. The summed E-state index contributed by atoms with van der Waals surface area (Å²) < 4.78 is 0. The quantitative estimate of drug-likeness (QED) is 0.480. The molecule has 1 N–H and O–H groups in total. The van der Waals surface area contributed by atoms with E-state index in [2.05, 4.69) is 24.0 Å². The molecule has 0 amide bonds. The van der Waals surface area contributed by atoms with E-state index in [1.54, 1.807) is 5.57 Å². The first-order valence-electron chi connectivity index (χ1n) is 3.41. The van der Waals surface area contributed by atoms with Crippen molar-refractivity contribution in [2.24, 2.45) is 0 Å². The topological polar surface area (TPSA) is 12.0 Å². The number of hydrogen-bond acceptors (Lipinski definition) is 1. The van der Waals surface area contributed by atoms with Crippen molar-refractivity contribution in [2.45, 2.75) is 19.3 Å². The SMILES string of the molecule is [CH]1CC2=C(CC=CC2)N1. The third-order valence-electron chi connectivity index (χ3n) is 1.90. The molecule has 0 atom stereocenters. The maximum Gasteiger partial charge on any atom is 0.0500 e. The van der Waals surface area contributed by atoms with E-state index in [1.165, 1.54) is 12.1 Å². The molecule has 1 heterocycles. The maximum absolute atomic E-state index is 3.26. The first kappa shape index (κ1) is 5.10. The molecule has 1 radical (unpaired) electrons. The summed E-state index contributed by atoms with van der Waals surface area (Å²) in [4.78, 5) is 0. The summed E-state index contributed by atoms with van der Waals surface area (Å²) in [6.45, 7) is 2.14. The number of hydrogen-bond donors (Lipinski definition) is 1. The molecular weight excluding hydrogens is 110 g/mol. The van der Waals surface area contributed by atoms with E-state index < -0.39 is 0 Å². The van der Waals surface area contributed by atoms with Gasteiger partial charge >= 0.3 is 0 Å². The smallest absolute Gasteiger partial charge is 0.0500 e. The highest BCUT2D eigenvalue weighted by Gasteiger charge is 2.13. The average Bonchev–Trinajstić information content (AvgIpc) is 2.33. The van der Waals surface area contributed by atoms with Crippen LogP contribution in [0.2, 0.25) is 0 Å². The molecule has 1 nitrogen and oxygen atoms in total. The molecule has 2 rings (SSSR count). The summed E-state index contributed by atoms with van der Waals surface area (Å²) in [7, 11) is 0. The van der Waals surface area contributed by atoms with Crippen LogP contribution >= 0.6 is 0 Å². The predicted molar refractivity (Wildman–Crippen MR) is 37.5 cm³/mol. The fourth-order valence-electron chi connectivity index (χ4n) is 1.36. The molecule has 1 aliphatic carbocycles. The number of nitrogens with one attached hydrogen (secondary N) is 1. The lowest BCUT2D eigenvalue weighted by Crippen LogP contribution is -2.02. The van der Waals surface area contributed by atoms with Crippen LogP contribution < -0.4 is 5.32 Å². The minimum absolute atomic E-state index is 1.12. The Morgan fingerprint density at radius 2 is 2.00 bits per heavy atom. The molecule has 0 aromatic carbocycles. The van der Waals surface area contributed by atoms with Gasteiger partial charge in [-0.15, -0.1) is 0 Å². The zero-order valence-corrected chi connectivity index (χ0v) is 5.35. The van der Waals surface area contributed by atoms with Crippen LogP contribution in [-0.4, -0.2) is 0 Å². The third kappa shape index (κ3) is 0.766. The summed E-state index contributed by atoms with van der Waals surface area (Å²) in [6, 6.07) is 0. The molecule has 9 heavy (non-hydrogen) atoms. The zero-order valence-electron chi connectivity index (χ0n) is 5.35. The van der Waals surface area contributed by atoms with Crippen LogP contribution in [-0.2, 0) is 0 Å². The van der Waals surface area contributed by atoms with Gasteiger partial charge in [-0.05, 0) is 18.4 Å². The first-order chi connectivity index (χ1) is 4.47. The minimum atomic E-state index is 1.12. The van der Waals surface area contributed by atoms with Gasteiger partial charge in [-0.2, -0.15) is 0 Å². The maximum atomic E-state index is 3.26. The van der Waals surface area contributed by atoms with Crippen LogP contribution in [0.1, 0.15) is 19.3 Å². The molecule has 1 aliphatic heterocycles. The lowest BCUT2D eigenvalue weighted by atomic mass is 10.0. The van der Waals surface area contributed by atoms with Gasteiger partial charge in [-0.1, -0.05) is 12.2 Å². The van der Waals surface area contributed by atoms with E-state index >= 15 is 0 Å². The normalized spacial score (nSPS) is 24.0. The van der Waals surface area contributed by atoms with Gasteiger partial charge in [0.15, 0.2) is 0 Å². The Balaban J connectivity index is 2.21. The van der Waals surface area contributed by atoms with Crippen LogP contribution in [0.25, 0.3) is 0 Å². The molecule has 2 aliphatic rings. The highest BCUT2D eigenvalue weighted by Crippen LogP contribution is 2.25. The molecule has 0 saturated heterocycles. The Bertz CT molecular complexity index is 159. The van der Waals surface area contributed by atoms with Crippen molar-refractivity contribution in [3.63, 3.8) is 0 Å². The molecular formula is C8H10N. The van der Waals surface area contributed by atoms with Gasteiger partial charge in [0.05, 0.1) is 6.54 Å². The number of allylic oxidation sites excluding steroid dienone is 2. The Kier molecular flexibility index (Phi) is 1.08. The van der Waals surface area contributed by atoms with Crippen molar-refractivity contribution < 1.29 is 0 Å². The molecule has 0 saturated carbocycles. The van der Waals surface area contributed by atoms with E-state index in [-0.39, 0.29) is 0 Å². The van der Waals surface area contributed by atoms with Crippen LogP contribution in [0.4, 0.5) is 0 Å². The van der Waals surface area contributed by atoms with Crippen LogP contribution in [0, 0.1) is 6.54 Å². The van der Waals surface area contributed by atoms with Gasteiger partial charge in [0.2, 0.25) is 0 Å². The van der Waals surface area contributed by atoms with E-state index in [4.69, 9.17) is 0 Å². The van der Waals surface area contributed by atoms with Crippen LogP contribution in [0.15, 0.2) is 23.4 Å². The standard InChI is InChI=1S/C8H10N/c1-2-4-8-7(3-1)5-6-9-8/h1-2,6,9H,3-5H2. The Labute approximate surface area is 55.5 Å². The Hall–Kier alpha value is -0.720. The molecule has 0 fully saturated rings. The monoisotopic (exact) mass is 120 g/mol. The van der Waals surface area contributed by atoms with Gasteiger partial charge in [-0.3, -0.25) is 0 Å². The number of rotatable bonds is 0. The second-order valence-corrected chi connectivity index (χ2v) is 2.51. The lowest BCUT2D eigenvalue weighted by molar-refractivity contribution is 0.950. The second kappa shape index (κ2) is 1.90.